The average molecular weight is 400 g/mol. The van der Waals surface area contributed by atoms with Gasteiger partial charge in [0, 0.05) is 17.9 Å². The van der Waals surface area contributed by atoms with Crippen molar-refractivity contribution >= 4 is 22.4 Å². The standard InChI is InChI=1S/C24H17FN2O3/c25-17-7-9-18(10-8-17)27-22(15-4-2-1-3-5-15)14-21(26-27)20-12-16-6-11-19(28)13-23(16)30-24(20)29/h1-13,22,28H,14H2. The highest BCUT2D eigenvalue weighted by Gasteiger charge is 2.31. The van der Waals surface area contributed by atoms with Gasteiger partial charge < -0.3 is 9.52 Å². The molecule has 1 aliphatic rings. The summed E-state index contributed by atoms with van der Waals surface area (Å²) in [4.78, 5) is 12.7. The van der Waals surface area contributed by atoms with E-state index in [9.17, 15) is 14.3 Å². The molecule has 0 radical (unpaired) electrons. The highest BCUT2D eigenvalue weighted by molar-refractivity contribution is 6.04. The van der Waals surface area contributed by atoms with Crippen LogP contribution in [0.2, 0.25) is 0 Å². The smallest absolute Gasteiger partial charge is 0.345 e. The van der Waals surface area contributed by atoms with E-state index in [2.05, 4.69) is 0 Å². The van der Waals surface area contributed by atoms with E-state index in [0.717, 1.165) is 11.3 Å². The number of fused-ring (bicyclic) bond motifs is 1. The minimum atomic E-state index is -0.514. The van der Waals surface area contributed by atoms with E-state index >= 15 is 0 Å². The quantitative estimate of drug-likeness (QED) is 0.492. The van der Waals surface area contributed by atoms with Crippen LogP contribution in [0.5, 0.6) is 5.75 Å². The summed E-state index contributed by atoms with van der Waals surface area (Å²) in [7, 11) is 0. The Morgan fingerprint density at radius 1 is 1.00 bits per heavy atom. The number of hydrazone groups is 1. The maximum Gasteiger partial charge on any atom is 0.345 e. The summed E-state index contributed by atoms with van der Waals surface area (Å²) in [6.07, 6.45) is 0.496. The predicted octanol–water partition coefficient (Wildman–Crippen LogP) is 4.99. The van der Waals surface area contributed by atoms with Crippen LogP contribution in [0.1, 0.15) is 23.6 Å². The fraction of sp³-hybridized carbons (Fsp3) is 0.0833. The number of hydrogen-bond acceptors (Lipinski definition) is 5. The van der Waals surface area contributed by atoms with Crippen LogP contribution in [0.3, 0.4) is 0 Å². The maximum atomic E-state index is 13.4. The van der Waals surface area contributed by atoms with E-state index in [1.807, 2.05) is 35.3 Å². The number of aromatic hydroxyl groups is 1. The van der Waals surface area contributed by atoms with Crippen LogP contribution in [0, 0.1) is 5.82 Å². The molecule has 2 heterocycles. The molecule has 4 aromatic rings. The first kappa shape index (κ1) is 18.1. The molecule has 0 amide bonds. The van der Waals surface area contributed by atoms with Crippen molar-refractivity contribution in [3.8, 4) is 5.75 Å². The molecule has 5 rings (SSSR count). The lowest BCUT2D eigenvalue weighted by molar-refractivity contribution is 0.473. The SMILES string of the molecule is O=c1oc2cc(O)ccc2cc1C1=NN(c2ccc(F)cc2)C(c2ccccc2)C1. The van der Waals surface area contributed by atoms with Crippen LogP contribution in [0.4, 0.5) is 10.1 Å². The van der Waals surface area contributed by atoms with E-state index in [0.29, 0.717) is 28.7 Å². The zero-order valence-electron chi connectivity index (χ0n) is 15.8. The minimum Gasteiger partial charge on any atom is -0.508 e. The van der Waals surface area contributed by atoms with Gasteiger partial charge in [-0.15, -0.1) is 0 Å². The van der Waals surface area contributed by atoms with Crippen LogP contribution in [0.25, 0.3) is 11.0 Å². The Kier molecular flexibility index (Phi) is 4.32. The summed E-state index contributed by atoms with van der Waals surface area (Å²) in [5.74, 6) is -0.292. The van der Waals surface area contributed by atoms with Gasteiger partial charge in [-0.1, -0.05) is 30.3 Å². The average Bonchev–Trinajstić information content (AvgIpc) is 3.19. The summed E-state index contributed by atoms with van der Waals surface area (Å²) in [5.41, 5.74) is 2.54. The molecular formula is C24H17FN2O3. The third-order valence-corrected chi connectivity index (χ3v) is 5.22. The second-order valence-electron chi connectivity index (χ2n) is 7.17. The normalized spacial score (nSPS) is 16.1. The van der Waals surface area contributed by atoms with E-state index < -0.39 is 5.63 Å². The van der Waals surface area contributed by atoms with Gasteiger partial charge in [-0.05, 0) is 48.0 Å². The molecule has 1 aliphatic heterocycles. The molecular weight excluding hydrogens is 383 g/mol. The van der Waals surface area contributed by atoms with Gasteiger partial charge in [0.25, 0.3) is 0 Å². The summed E-state index contributed by atoms with van der Waals surface area (Å²) in [6, 6.07) is 22.2. The monoisotopic (exact) mass is 400 g/mol. The second kappa shape index (κ2) is 7.15. The molecule has 148 valence electrons. The maximum absolute atomic E-state index is 13.4. The molecule has 1 unspecified atom stereocenters. The lowest BCUT2D eigenvalue weighted by Crippen LogP contribution is -2.18. The number of hydrogen-bond donors (Lipinski definition) is 1. The Labute approximate surface area is 171 Å². The van der Waals surface area contributed by atoms with Crippen molar-refractivity contribution < 1.29 is 13.9 Å². The van der Waals surface area contributed by atoms with Crippen molar-refractivity contribution in [2.24, 2.45) is 5.10 Å². The molecule has 1 N–H and O–H groups in total. The zero-order valence-corrected chi connectivity index (χ0v) is 15.8. The predicted molar refractivity (Wildman–Crippen MR) is 113 cm³/mol. The minimum absolute atomic E-state index is 0.0308. The van der Waals surface area contributed by atoms with Crippen molar-refractivity contribution in [3.05, 3.63) is 106 Å². The van der Waals surface area contributed by atoms with Crippen LogP contribution in [0.15, 0.2) is 93.2 Å². The molecule has 0 saturated heterocycles. The number of anilines is 1. The van der Waals surface area contributed by atoms with Crippen molar-refractivity contribution in [1.82, 2.24) is 0 Å². The number of halogens is 1. The van der Waals surface area contributed by atoms with Crippen molar-refractivity contribution in [3.63, 3.8) is 0 Å². The van der Waals surface area contributed by atoms with Crippen molar-refractivity contribution in [2.75, 3.05) is 5.01 Å². The molecule has 6 heteroatoms. The van der Waals surface area contributed by atoms with Crippen LogP contribution in [-0.2, 0) is 0 Å². The van der Waals surface area contributed by atoms with Crippen molar-refractivity contribution in [1.29, 1.82) is 0 Å². The summed E-state index contributed by atoms with van der Waals surface area (Å²) in [5, 5.41) is 16.8. The van der Waals surface area contributed by atoms with Gasteiger partial charge in [0.2, 0.25) is 0 Å². The molecule has 0 spiro atoms. The molecule has 30 heavy (non-hydrogen) atoms. The van der Waals surface area contributed by atoms with Gasteiger partial charge in [0.05, 0.1) is 23.0 Å². The number of benzene rings is 3. The lowest BCUT2D eigenvalue weighted by atomic mass is 9.98. The topological polar surface area (TPSA) is 66.0 Å². The van der Waals surface area contributed by atoms with Crippen LogP contribution >= 0.6 is 0 Å². The fourth-order valence-corrected chi connectivity index (χ4v) is 3.74. The summed E-state index contributed by atoms with van der Waals surface area (Å²) < 4.78 is 18.9. The molecule has 1 atom stereocenters. The Morgan fingerprint density at radius 3 is 2.53 bits per heavy atom. The van der Waals surface area contributed by atoms with Gasteiger partial charge >= 0.3 is 5.63 Å². The summed E-state index contributed by atoms with van der Waals surface area (Å²) >= 11 is 0. The van der Waals surface area contributed by atoms with Crippen LogP contribution in [-0.4, -0.2) is 10.8 Å². The second-order valence-corrected chi connectivity index (χ2v) is 7.17. The Hall–Kier alpha value is -3.93. The van der Waals surface area contributed by atoms with E-state index in [1.165, 1.54) is 18.2 Å². The van der Waals surface area contributed by atoms with E-state index in [1.54, 1.807) is 30.3 Å². The molecule has 3 aromatic carbocycles. The number of rotatable bonds is 3. The largest absolute Gasteiger partial charge is 0.508 e. The molecule has 0 bridgehead atoms. The Morgan fingerprint density at radius 2 is 1.77 bits per heavy atom. The third-order valence-electron chi connectivity index (χ3n) is 5.22. The molecule has 1 aromatic heterocycles. The third kappa shape index (κ3) is 3.22. The van der Waals surface area contributed by atoms with E-state index in [-0.39, 0.29) is 17.6 Å². The first-order valence-corrected chi connectivity index (χ1v) is 9.53. The van der Waals surface area contributed by atoms with Crippen LogP contribution < -0.4 is 10.6 Å². The number of phenolic OH excluding ortho intramolecular Hbond substituents is 1. The molecule has 0 saturated carbocycles. The Bertz CT molecular complexity index is 1310. The molecule has 5 nitrogen and oxygen atoms in total. The highest BCUT2D eigenvalue weighted by atomic mass is 19.1. The van der Waals surface area contributed by atoms with E-state index in [4.69, 9.17) is 9.52 Å². The number of phenols is 1. The first-order valence-electron chi connectivity index (χ1n) is 9.53. The molecule has 0 aliphatic carbocycles. The number of nitrogens with zero attached hydrogens (tertiary/aromatic N) is 2. The van der Waals surface area contributed by atoms with Gasteiger partial charge in [-0.3, -0.25) is 5.01 Å². The van der Waals surface area contributed by atoms with Gasteiger partial charge in [-0.2, -0.15) is 5.10 Å². The highest BCUT2D eigenvalue weighted by Crippen LogP contribution is 2.36. The summed E-state index contributed by atoms with van der Waals surface area (Å²) in [6.45, 7) is 0. The molecule has 0 fully saturated rings. The van der Waals surface area contributed by atoms with Gasteiger partial charge in [0.1, 0.15) is 17.1 Å². The zero-order chi connectivity index (χ0) is 20.7. The van der Waals surface area contributed by atoms with Crippen molar-refractivity contribution in [2.45, 2.75) is 12.5 Å². The van der Waals surface area contributed by atoms with Gasteiger partial charge in [-0.25, -0.2) is 9.18 Å². The first-order chi connectivity index (χ1) is 14.6. The lowest BCUT2D eigenvalue weighted by Gasteiger charge is -2.23. The van der Waals surface area contributed by atoms with Gasteiger partial charge in [0.15, 0.2) is 0 Å². The fourth-order valence-electron chi connectivity index (χ4n) is 3.74. The Balaban J connectivity index is 1.62.